The summed E-state index contributed by atoms with van der Waals surface area (Å²) in [6.45, 7) is 12.0. The van der Waals surface area contributed by atoms with Crippen LogP contribution in [0.4, 0.5) is 0 Å². The molecule has 0 saturated heterocycles. The highest BCUT2D eigenvalue weighted by Gasteiger charge is 2.24. The van der Waals surface area contributed by atoms with E-state index < -0.39 is 0 Å². The smallest absolute Gasteiger partial charge is 0.330 e. The Labute approximate surface area is 115 Å². The van der Waals surface area contributed by atoms with Crippen LogP contribution >= 0.6 is 0 Å². The first kappa shape index (κ1) is 15.7. The third-order valence-corrected chi connectivity index (χ3v) is 3.27. The molecular formula is C14H25N3O2. The third kappa shape index (κ3) is 3.56. The Bertz CT molecular complexity index is 427. The molecule has 1 rings (SSSR count). The highest BCUT2D eigenvalue weighted by atomic mass is 16.5. The SMILES string of the molecule is CCNCc1c(C)nn(C(CC)C(=O)OCC)c1C. The van der Waals surface area contributed by atoms with Crippen LogP contribution in [0.2, 0.25) is 0 Å². The predicted molar refractivity (Wildman–Crippen MR) is 75.0 cm³/mol. The fraction of sp³-hybridized carbons (Fsp3) is 0.714. The van der Waals surface area contributed by atoms with Gasteiger partial charge in [0.1, 0.15) is 6.04 Å². The minimum atomic E-state index is -0.325. The molecule has 0 aliphatic heterocycles. The fourth-order valence-electron chi connectivity index (χ4n) is 2.18. The maximum Gasteiger partial charge on any atom is 0.330 e. The minimum absolute atomic E-state index is 0.203. The molecule has 0 aromatic carbocycles. The van der Waals surface area contributed by atoms with Gasteiger partial charge in [0.15, 0.2) is 0 Å². The lowest BCUT2D eigenvalue weighted by Crippen LogP contribution is -2.23. The maximum atomic E-state index is 12.0. The Morgan fingerprint density at radius 2 is 2.05 bits per heavy atom. The zero-order valence-corrected chi connectivity index (χ0v) is 12.6. The van der Waals surface area contributed by atoms with Crippen molar-refractivity contribution in [3.8, 4) is 0 Å². The number of nitrogens with one attached hydrogen (secondary N) is 1. The van der Waals surface area contributed by atoms with Crippen molar-refractivity contribution in [2.75, 3.05) is 13.2 Å². The summed E-state index contributed by atoms with van der Waals surface area (Å²) < 4.78 is 6.92. The number of aryl methyl sites for hydroxylation is 1. The van der Waals surface area contributed by atoms with Gasteiger partial charge in [-0.2, -0.15) is 5.10 Å². The molecule has 1 aromatic rings. The monoisotopic (exact) mass is 267 g/mol. The highest BCUT2D eigenvalue weighted by molar-refractivity contribution is 5.74. The fourth-order valence-corrected chi connectivity index (χ4v) is 2.18. The van der Waals surface area contributed by atoms with Crippen LogP contribution in [0.3, 0.4) is 0 Å². The second kappa shape index (κ2) is 7.28. The van der Waals surface area contributed by atoms with Crippen LogP contribution < -0.4 is 5.32 Å². The standard InChI is InChI=1S/C14H25N3O2/c1-6-13(14(18)19-8-3)17-11(5)12(9-15-7-2)10(4)16-17/h13,15H,6-9H2,1-5H3. The van der Waals surface area contributed by atoms with Crippen LogP contribution in [0.5, 0.6) is 0 Å². The summed E-state index contributed by atoms with van der Waals surface area (Å²) in [7, 11) is 0. The Kier molecular flexibility index (Phi) is 6.02. The molecule has 0 radical (unpaired) electrons. The van der Waals surface area contributed by atoms with E-state index in [9.17, 15) is 4.79 Å². The number of rotatable bonds is 7. The second-order valence-electron chi connectivity index (χ2n) is 4.55. The molecule has 0 aliphatic carbocycles. The Hall–Kier alpha value is -1.36. The van der Waals surface area contributed by atoms with Gasteiger partial charge in [-0.15, -0.1) is 0 Å². The molecule has 19 heavy (non-hydrogen) atoms. The van der Waals surface area contributed by atoms with E-state index in [2.05, 4.69) is 17.3 Å². The number of nitrogens with zero attached hydrogens (tertiary/aromatic N) is 2. The molecule has 0 bridgehead atoms. The summed E-state index contributed by atoms with van der Waals surface area (Å²) in [6.07, 6.45) is 0.682. The van der Waals surface area contributed by atoms with Crippen molar-refractivity contribution in [1.29, 1.82) is 0 Å². The zero-order valence-electron chi connectivity index (χ0n) is 12.6. The molecular weight excluding hydrogens is 242 g/mol. The summed E-state index contributed by atoms with van der Waals surface area (Å²) >= 11 is 0. The number of hydrogen-bond donors (Lipinski definition) is 1. The van der Waals surface area contributed by atoms with Crippen LogP contribution in [0.15, 0.2) is 0 Å². The van der Waals surface area contributed by atoms with Crippen LogP contribution in [-0.2, 0) is 16.1 Å². The minimum Gasteiger partial charge on any atom is -0.464 e. The van der Waals surface area contributed by atoms with Gasteiger partial charge in [0.25, 0.3) is 0 Å². The van der Waals surface area contributed by atoms with Gasteiger partial charge in [-0.3, -0.25) is 4.68 Å². The zero-order chi connectivity index (χ0) is 14.4. The van der Waals surface area contributed by atoms with E-state index >= 15 is 0 Å². The summed E-state index contributed by atoms with van der Waals surface area (Å²) in [5.74, 6) is -0.203. The number of aromatic nitrogens is 2. The van der Waals surface area contributed by atoms with E-state index in [0.29, 0.717) is 13.0 Å². The average molecular weight is 267 g/mol. The van der Waals surface area contributed by atoms with Crippen molar-refractivity contribution in [2.24, 2.45) is 0 Å². The van der Waals surface area contributed by atoms with Gasteiger partial charge in [0.2, 0.25) is 0 Å². The van der Waals surface area contributed by atoms with Gasteiger partial charge in [-0.05, 0) is 33.7 Å². The lowest BCUT2D eigenvalue weighted by Gasteiger charge is -2.16. The molecule has 0 fully saturated rings. The summed E-state index contributed by atoms with van der Waals surface area (Å²) in [4.78, 5) is 12.0. The molecule has 1 N–H and O–H groups in total. The summed E-state index contributed by atoms with van der Waals surface area (Å²) in [6, 6.07) is -0.325. The second-order valence-corrected chi connectivity index (χ2v) is 4.55. The van der Waals surface area contributed by atoms with E-state index in [1.807, 2.05) is 27.7 Å². The molecule has 1 heterocycles. The molecule has 1 atom stereocenters. The third-order valence-electron chi connectivity index (χ3n) is 3.27. The van der Waals surface area contributed by atoms with Crippen molar-refractivity contribution in [2.45, 2.75) is 53.6 Å². The van der Waals surface area contributed by atoms with Crippen LogP contribution in [0.1, 0.15) is 50.2 Å². The predicted octanol–water partition coefficient (Wildman–Crippen LogP) is 2.12. The number of carbonyl (C=O) groups is 1. The molecule has 0 amide bonds. The van der Waals surface area contributed by atoms with Crippen molar-refractivity contribution in [3.63, 3.8) is 0 Å². The Morgan fingerprint density at radius 3 is 2.58 bits per heavy atom. The van der Waals surface area contributed by atoms with E-state index in [1.54, 1.807) is 4.68 Å². The lowest BCUT2D eigenvalue weighted by atomic mass is 10.1. The topological polar surface area (TPSA) is 56.2 Å². The molecule has 5 heteroatoms. The Balaban J connectivity index is 3.02. The van der Waals surface area contributed by atoms with E-state index in [4.69, 9.17) is 4.74 Å². The molecule has 0 aliphatic rings. The quantitative estimate of drug-likeness (QED) is 0.769. The van der Waals surface area contributed by atoms with E-state index in [0.717, 1.165) is 24.5 Å². The van der Waals surface area contributed by atoms with Crippen molar-refractivity contribution < 1.29 is 9.53 Å². The first-order valence-electron chi connectivity index (χ1n) is 6.98. The van der Waals surface area contributed by atoms with Crippen LogP contribution in [0.25, 0.3) is 0 Å². The summed E-state index contributed by atoms with van der Waals surface area (Å²) in [5, 5.41) is 7.81. The lowest BCUT2D eigenvalue weighted by molar-refractivity contribution is -0.147. The number of hydrogen-bond acceptors (Lipinski definition) is 4. The normalized spacial score (nSPS) is 12.5. The van der Waals surface area contributed by atoms with Gasteiger partial charge in [0, 0.05) is 17.8 Å². The first-order chi connectivity index (χ1) is 9.06. The number of ether oxygens (including phenoxy) is 1. The highest BCUT2D eigenvalue weighted by Crippen LogP contribution is 2.20. The Morgan fingerprint density at radius 1 is 1.37 bits per heavy atom. The van der Waals surface area contributed by atoms with Crippen molar-refractivity contribution >= 4 is 5.97 Å². The van der Waals surface area contributed by atoms with Crippen molar-refractivity contribution in [3.05, 3.63) is 17.0 Å². The van der Waals surface area contributed by atoms with Gasteiger partial charge in [0.05, 0.1) is 12.3 Å². The maximum absolute atomic E-state index is 12.0. The van der Waals surface area contributed by atoms with Gasteiger partial charge in [-0.1, -0.05) is 13.8 Å². The van der Waals surface area contributed by atoms with Crippen LogP contribution in [-0.4, -0.2) is 28.9 Å². The van der Waals surface area contributed by atoms with Gasteiger partial charge in [-0.25, -0.2) is 4.79 Å². The van der Waals surface area contributed by atoms with Gasteiger partial charge >= 0.3 is 5.97 Å². The molecule has 0 saturated carbocycles. The van der Waals surface area contributed by atoms with E-state index in [1.165, 1.54) is 5.56 Å². The van der Waals surface area contributed by atoms with Crippen LogP contribution in [0, 0.1) is 13.8 Å². The molecule has 1 unspecified atom stereocenters. The molecule has 108 valence electrons. The average Bonchev–Trinajstić information content (AvgIpc) is 2.64. The molecule has 0 spiro atoms. The molecule has 5 nitrogen and oxygen atoms in total. The number of carbonyl (C=O) groups excluding carboxylic acids is 1. The first-order valence-corrected chi connectivity index (χ1v) is 6.98. The van der Waals surface area contributed by atoms with Gasteiger partial charge < -0.3 is 10.1 Å². The largest absolute Gasteiger partial charge is 0.464 e. The summed E-state index contributed by atoms with van der Waals surface area (Å²) in [5.41, 5.74) is 3.18. The van der Waals surface area contributed by atoms with Crippen molar-refractivity contribution in [1.82, 2.24) is 15.1 Å². The number of esters is 1. The molecule has 1 aromatic heterocycles. The van der Waals surface area contributed by atoms with E-state index in [-0.39, 0.29) is 12.0 Å².